The molecule has 1 atom stereocenters. The molecule has 0 radical (unpaired) electrons. The molecule has 0 spiro atoms. The zero-order valence-corrected chi connectivity index (χ0v) is 23.7. The van der Waals surface area contributed by atoms with Crippen LogP contribution in [0.4, 0.5) is 11.4 Å². The first-order chi connectivity index (χ1) is 16.4. The number of hydrogen-bond acceptors (Lipinski definition) is 7. The number of sulfonamides is 1. The molecule has 2 aromatic rings. The van der Waals surface area contributed by atoms with Crippen LogP contribution in [0.15, 0.2) is 27.8 Å². The average molecular weight is 542 g/mol. The third-order valence-electron chi connectivity index (χ3n) is 5.46. The summed E-state index contributed by atoms with van der Waals surface area (Å²) in [7, 11) is -7.49. The van der Waals surface area contributed by atoms with Crippen LogP contribution in [0, 0.1) is 5.41 Å². The van der Waals surface area contributed by atoms with E-state index in [1.807, 2.05) is 20.8 Å². The van der Waals surface area contributed by atoms with Crippen molar-refractivity contribution in [3.8, 4) is 5.88 Å². The van der Waals surface area contributed by atoms with Gasteiger partial charge >= 0.3 is 7.52 Å². The van der Waals surface area contributed by atoms with Gasteiger partial charge in [0.1, 0.15) is 5.56 Å². The number of hydrogen-bond donors (Lipinski definition) is 3. The fourth-order valence-electron chi connectivity index (χ4n) is 3.93. The molecule has 36 heavy (non-hydrogen) atoms. The Morgan fingerprint density at radius 1 is 1.19 bits per heavy atom. The topological polar surface area (TPSA) is 144 Å². The largest absolute Gasteiger partial charge is 0.493 e. The van der Waals surface area contributed by atoms with Crippen LogP contribution in [-0.2, 0) is 31.2 Å². The summed E-state index contributed by atoms with van der Waals surface area (Å²) in [5.41, 5.74) is -0.766. The van der Waals surface area contributed by atoms with Gasteiger partial charge in [0, 0.05) is 12.2 Å². The molecule has 0 saturated carbocycles. The van der Waals surface area contributed by atoms with E-state index >= 15 is 0 Å². The molecular weight excluding hydrogens is 505 g/mol. The van der Waals surface area contributed by atoms with Gasteiger partial charge < -0.3 is 14.9 Å². The van der Waals surface area contributed by atoms with Gasteiger partial charge in [-0.05, 0) is 57.7 Å². The molecule has 1 unspecified atom stereocenters. The van der Waals surface area contributed by atoms with Crippen LogP contribution in [-0.4, -0.2) is 41.6 Å². The molecule has 0 amide bonds. The minimum atomic E-state index is -3.92. The molecule has 1 aliphatic rings. The van der Waals surface area contributed by atoms with E-state index in [1.165, 1.54) is 27.6 Å². The Hall–Kier alpha value is -2.56. The number of aromatic nitrogens is 2. The maximum Gasteiger partial charge on any atom is 0.348 e. The van der Waals surface area contributed by atoms with Gasteiger partial charge in [-0.15, -0.1) is 0 Å². The summed E-state index contributed by atoms with van der Waals surface area (Å²) in [5.74, 6) is -0.356. The predicted molar refractivity (Wildman–Crippen MR) is 143 cm³/mol. The number of fused-ring (bicyclic) bond motifs is 1. The van der Waals surface area contributed by atoms with E-state index in [-0.39, 0.29) is 40.3 Å². The van der Waals surface area contributed by atoms with Crippen molar-refractivity contribution in [3.05, 3.63) is 34.1 Å². The van der Waals surface area contributed by atoms with Crippen LogP contribution in [0.1, 0.15) is 60.5 Å². The molecule has 1 aromatic heterocycles. The van der Waals surface area contributed by atoms with Gasteiger partial charge in [0.05, 0.1) is 29.4 Å². The van der Waals surface area contributed by atoms with Crippen molar-refractivity contribution in [2.75, 3.05) is 22.9 Å². The summed E-state index contributed by atoms with van der Waals surface area (Å²) in [6.45, 7) is 13.9. The Balaban J connectivity index is 2.20. The lowest BCUT2D eigenvalue weighted by molar-refractivity contribution is 0.234. The number of anilines is 2. The van der Waals surface area contributed by atoms with Crippen molar-refractivity contribution >= 4 is 40.1 Å². The minimum absolute atomic E-state index is 0.0441. The van der Waals surface area contributed by atoms with E-state index in [4.69, 9.17) is 4.52 Å². The Morgan fingerprint density at radius 3 is 2.36 bits per heavy atom. The van der Waals surface area contributed by atoms with E-state index in [2.05, 4.69) is 35.6 Å². The lowest BCUT2D eigenvalue weighted by Crippen LogP contribution is -2.39. The van der Waals surface area contributed by atoms with E-state index < -0.39 is 28.6 Å². The van der Waals surface area contributed by atoms with Gasteiger partial charge in [0.2, 0.25) is 15.9 Å². The van der Waals surface area contributed by atoms with Gasteiger partial charge in [0.15, 0.2) is 5.84 Å². The van der Waals surface area contributed by atoms with Gasteiger partial charge in [0.25, 0.3) is 5.56 Å². The van der Waals surface area contributed by atoms with Crippen LogP contribution in [0.3, 0.4) is 0 Å². The molecule has 1 aliphatic heterocycles. The first-order valence-corrected chi connectivity index (χ1v) is 15.1. The van der Waals surface area contributed by atoms with Crippen molar-refractivity contribution in [2.24, 2.45) is 10.2 Å². The van der Waals surface area contributed by atoms with Gasteiger partial charge in [-0.25, -0.2) is 13.1 Å². The molecule has 0 bridgehead atoms. The second-order valence-electron chi connectivity index (χ2n) is 11.0. The maximum atomic E-state index is 13.9. The number of aromatic hydroxyl groups is 1. The van der Waals surface area contributed by atoms with Crippen LogP contribution in [0.5, 0.6) is 5.88 Å². The molecule has 3 rings (SSSR count). The number of nitrogens with zero attached hydrogens (tertiary/aromatic N) is 3. The van der Waals surface area contributed by atoms with Crippen molar-refractivity contribution < 1.29 is 22.6 Å². The second kappa shape index (κ2) is 9.39. The lowest BCUT2D eigenvalue weighted by Gasteiger charge is -2.26. The third kappa shape index (κ3) is 5.87. The smallest absolute Gasteiger partial charge is 0.348 e. The SMILES string of the molecule is CCOP1(=O)N=C(c2c(O)n(CCC(C)(C)C)n(C(C)(C)C)c2=O)Nc2ccc(NS(C)(=O)=O)cc21. The predicted octanol–water partition coefficient (Wildman–Crippen LogP) is 3.65. The Bertz CT molecular complexity index is 1410. The highest BCUT2D eigenvalue weighted by molar-refractivity contribution is 7.92. The highest BCUT2D eigenvalue weighted by Gasteiger charge is 2.38. The second-order valence-corrected chi connectivity index (χ2v) is 14.8. The van der Waals surface area contributed by atoms with E-state index in [0.29, 0.717) is 18.7 Å². The van der Waals surface area contributed by atoms with Crippen LogP contribution in [0.25, 0.3) is 0 Å². The van der Waals surface area contributed by atoms with E-state index in [9.17, 15) is 22.9 Å². The molecule has 3 N–H and O–H groups in total. The normalized spacial score (nSPS) is 18.4. The van der Waals surface area contributed by atoms with Crippen molar-refractivity contribution in [3.63, 3.8) is 0 Å². The van der Waals surface area contributed by atoms with Crippen molar-refractivity contribution in [1.82, 2.24) is 9.36 Å². The zero-order chi connectivity index (χ0) is 27.3. The maximum absolute atomic E-state index is 13.9. The number of nitrogens with one attached hydrogen (secondary N) is 2. The van der Waals surface area contributed by atoms with E-state index in [1.54, 1.807) is 6.92 Å². The zero-order valence-electron chi connectivity index (χ0n) is 22.0. The Labute approximate surface area is 212 Å². The molecule has 0 aliphatic carbocycles. The molecule has 1 aromatic carbocycles. The van der Waals surface area contributed by atoms with Crippen LogP contribution >= 0.6 is 7.52 Å². The first-order valence-electron chi connectivity index (χ1n) is 11.7. The highest BCUT2D eigenvalue weighted by atomic mass is 32.2. The molecule has 13 heteroatoms. The monoisotopic (exact) mass is 541 g/mol. The quantitative estimate of drug-likeness (QED) is 0.454. The minimum Gasteiger partial charge on any atom is -0.493 e. The molecule has 11 nitrogen and oxygen atoms in total. The summed E-state index contributed by atoms with van der Waals surface area (Å²) in [4.78, 5) is 13.6. The molecule has 0 fully saturated rings. The van der Waals surface area contributed by atoms with Gasteiger partial charge in [-0.1, -0.05) is 20.8 Å². The van der Waals surface area contributed by atoms with Crippen LogP contribution < -0.4 is 20.9 Å². The van der Waals surface area contributed by atoms with E-state index in [0.717, 1.165) is 6.26 Å². The standard InChI is InChI=1S/C23H36N5O6PS/c1-9-34-35(31)17-14-15(26-36(8,32)33)10-11-16(17)24-19(25-35)18-20(29)27(13-12-22(2,3)4)28(21(18)30)23(5,6)7/h10-11,14,26,29H,9,12-13H2,1-8H3,(H,24,25,31). The molecule has 0 saturated heterocycles. The van der Waals surface area contributed by atoms with Gasteiger partial charge in [-0.2, -0.15) is 4.76 Å². The number of amidine groups is 1. The number of rotatable bonds is 7. The van der Waals surface area contributed by atoms with Crippen molar-refractivity contribution in [2.45, 2.75) is 67.0 Å². The summed E-state index contributed by atoms with van der Waals surface area (Å²) in [6.07, 6.45) is 1.71. The lowest BCUT2D eigenvalue weighted by atomic mass is 9.92. The molecular formula is C23H36N5O6PS. The summed E-state index contributed by atoms with van der Waals surface area (Å²) >= 11 is 0. The molecule has 2 heterocycles. The fraction of sp³-hybridized carbons (Fsp3) is 0.565. The summed E-state index contributed by atoms with van der Waals surface area (Å²) < 4.78 is 52.5. The first kappa shape index (κ1) is 28.0. The average Bonchev–Trinajstić information content (AvgIpc) is 2.95. The molecule has 200 valence electrons. The Morgan fingerprint density at radius 2 is 1.83 bits per heavy atom. The van der Waals surface area contributed by atoms with Crippen LogP contribution in [0.2, 0.25) is 0 Å². The van der Waals surface area contributed by atoms with Crippen molar-refractivity contribution in [1.29, 1.82) is 0 Å². The fourth-order valence-corrected chi connectivity index (χ4v) is 6.29. The third-order valence-corrected chi connectivity index (χ3v) is 8.11. The Kier molecular flexibility index (Phi) is 7.31. The summed E-state index contributed by atoms with van der Waals surface area (Å²) in [6, 6.07) is 4.41. The summed E-state index contributed by atoms with van der Waals surface area (Å²) in [5, 5.41) is 14.4. The van der Waals surface area contributed by atoms with Gasteiger partial charge in [-0.3, -0.25) is 18.8 Å². The number of benzene rings is 1. The highest BCUT2D eigenvalue weighted by Crippen LogP contribution is 2.52.